The zero-order valence-electron chi connectivity index (χ0n) is 7.29. The highest BCUT2D eigenvalue weighted by Gasteiger charge is 2.24. The number of halogens is 4. The third kappa shape index (κ3) is 2.66. The van der Waals surface area contributed by atoms with Crippen LogP contribution in [0, 0.1) is 11.3 Å². The molecule has 9 heteroatoms. The van der Waals surface area contributed by atoms with E-state index in [1.165, 1.54) is 6.07 Å². The minimum Gasteiger partial charge on any atom is -0.223 e. The predicted molar refractivity (Wildman–Crippen MR) is 54.6 cm³/mol. The van der Waals surface area contributed by atoms with Gasteiger partial charge in [-0.15, -0.1) is 0 Å². The van der Waals surface area contributed by atoms with Crippen molar-refractivity contribution in [1.82, 2.24) is 4.98 Å². The molecule has 16 heavy (non-hydrogen) atoms. The summed E-state index contributed by atoms with van der Waals surface area (Å²) in [7, 11) is 0.703. The SMILES string of the molecule is N#Cc1cc(C(F)F)c(Br)c(S(=O)(=O)Cl)n1. The van der Waals surface area contributed by atoms with E-state index in [-0.39, 0.29) is 0 Å². The molecule has 0 atom stereocenters. The average Bonchev–Trinajstić information content (AvgIpc) is 2.15. The molecule has 86 valence electrons. The molecule has 1 rings (SSSR count). The van der Waals surface area contributed by atoms with Crippen LogP contribution in [0.1, 0.15) is 17.7 Å². The summed E-state index contributed by atoms with van der Waals surface area (Å²) in [5.41, 5.74) is -1.09. The predicted octanol–water partition coefficient (Wildman–Crippen LogP) is 2.58. The molecule has 0 N–H and O–H groups in total. The molecule has 0 amide bonds. The topological polar surface area (TPSA) is 70.8 Å². The molecule has 0 unspecified atom stereocenters. The van der Waals surface area contributed by atoms with Crippen LogP contribution in [-0.2, 0) is 9.05 Å². The smallest absolute Gasteiger partial charge is 0.223 e. The Morgan fingerprint density at radius 2 is 2.12 bits per heavy atom. The average molecular weight is 332 g/mol. The Morgan fingerprint density at radius 3 is 2.50 bits per heavy atom. The number of rotatable bonds is 2. The Bertz CT molecular complexity index is 570. The zero-order valence-corrected chi connectivity index (χ0v) is 10.4. The number of alkyl halides is 2. The summed E-state index contributed by atoms with van der Waals surface area (Å²) in [5, 5.41) is 7.73. The van der Waals surface area contributed by atoms with E-state index in [2.05, 4.69) is 20.9 Å². The molecule has 0 aliphatic rings. The summed E-state index contributed by atoms with van der Waals surface area (Å²) >= 11 is 2.67. The van der Waals surface area contributed by atoms with Crippen LogP contribution in [-0.4, -0.2) is 13.4 Å². The van der Waals surface area contributed by atoms with Crippen LogP contribution in [0.3, 0.4) is 0 Å². The lowest BCUT2D eigenvalue weighted by molar-refractivity contribution is 0.150. The van der Waals surface area contributed by atoms with E-state index in [0.717, 1.165) is 6.07 Å². The normalized spacial score (nSPS) is 11.5. The van der Waals surface area contributed by atoms with Gasteiger partial charge in [-0.05, 0) is 22.0 Å². The second-order valence-corrected chi connectivity index (χ2v) is 5.84. The van der Waals surface area contributed by atoms with E-state index in [0.29, 0.717) is 0 Å². The molecule has 0 aliphatic carbocycles. The largest absolute Gasteiger partial charge is 0.279 e. The second kappa shape index (κ2) is 4.61. The van der Waals surface area contributed by atoms with Crippen molar-refractivity contribution in [2.75, 3.05) is 0 Å². The monoisotopic (exact) mass is 330 g/mol. The molecule has 0 saturated heterocycles. The molecule has 4 nitrogen and oxygen atoms in total. The van der Waals surface area contributed by atoms with E-state index >= 15 is 0 Å². The van der Waals surface area contributed by atoms with Gasteiger partial charge in [0.2, 0.25) is 0 Å². The van der Waals surface area contributed by atoms with Crippen molar-refractivity contribution < 1.29 is 17.2 Å². The van der Waals surface area contributed by atoms with E-state index in [1.807, 2.05) is 0 Å². The Morgan fingerprint density at radius 1 is 1.56 bits per heavy atom. The van der Waals surface area contributed by atoms with Gasteiger partial charge in [-0.3, -0.25) is 0 Å². The lowest BCUT2D eigenvalue weighted by Crippen LogP contribution is -2.02. The number of aromatic nitrogens is 1. The van der Waals surface area contributed by atoms with Crippen LogP contribution in [0.25, 0.3) is 0 Å². The molecule has 0 radical (unpaired) electrons. The van der Waals surface area contributed by atoms with Crippen LogP contribution < -0.4 is 0 Å². The standard InChI is InChI=1S/C7H2BrClF2N2O2S/c8-5-4(6(10)11)1-3(2-12)13-7(5)16(9,14)15/h1,6H. The molecular formula is C7H2BrClF2N2O2S. The number of nitriles is 1. The highest BCUT2D eigenvalue weighted by molar-refractivity contribution is 9.10. The van der Waals surface area contributed by atoms with Gasteiger partial charge in [-0.1, -0.05) is 0 Å². The molecule has 0 aromatic carbocycles. The number of pyridine rings is 1. The molecule has 0 fully saturated rings. The minimum atomic E-state index is -4.29. The van der Waals surface area contributed by atoms with Crippen LogP contribution in [0.15, 0.2) is 15.6 Å². The van der Waals surface area contributed by atoms with Gasteiger partial charge in [0.25, 0.3) is 15.5 Å². The molecule has 0 spiro atoms. The maximum Gasteiger partial charge on any atom is 0.279 e. The lowest BCUT2D eigenvalue weighted by Gasteiger charge is -2.06. The maximum absolute atomic E-state index is 12.5. The molecule has 0 aliphatic heterocycles. The number of hydrogen-bond acceptors (Lipinski definition) is 4. The van der Waals surface area contributed by atoms with Crippen LogP contribution in [0.4, 0.5) is 8.78 Å². The van der Waals surface area contributed by atoms with Gasteiger partial charge in [0.15, 0.2) is 5.03 Å². The van der Waals surface area contributed by atoms with E-state index in [9.17, 15) is 17.2 Å². The fourth-order valence-electron chi connectivity index (χ4n) is 0.902. The zero-order chi connectivity index (χ0) is 12.5. The fraction of sp³-hybridized carbons (Fsp3) is 0.143. The summed E-state index contributed by atoms with van der Waals surface area (Å²) in [6.45, 7) is 0. The van der Waals surface area contributed by atoms with Gasteiger partial charge < -0.3 is 0 Å². The molecule has 0 bridgehead atoms. The van der Waals surface area contributed by atoms with Crippen molar-refractivity contribution in [1.29, 1.82) is 5.26 Å². The van der Waals surface area contributed by atoms with E-state index in [1.54, 1.807) is 0 Å². The van der Waals surface area contributed by atoms with Gasteiger partial charge in [0.05, 0.1) is 4.47 Å². The quantitative estimate of drug-likeness (QED) is 0.781. The Hall–Kier alpha value is -0.780. The van der Waals surface area contributed by atoms with Crippen molar-refractivity contribution in [2.24, 2.45) is 0 Å². The van der Waals surface area contributed by atoms with Gasteiger partial charge in [-0.2, -0.15) is 5.26 Å². The summed E-state index contributed by atoms with van der Waals surface area (Å²) in [4.78, 5) is 3.34. The third-order valence-corrected chi connectivity index (χ3v) is 3.83. The first kappa shape index (κ1) is 13.3. The first-order valence-corrected chi connectivity index (χ1v) is 6.71. The maximum atomic E-state index is 12.5. The molecule has 0 saturated carbocycles. The molecular weight excluding hydrogens is 330 g/mol. The van der Waals surface area contributed by atoms with Crippen molar-refractivity contribution in [3.05, 3.63) is 21.8 Å². The molecule has 1 aromatic rings. The molecule has 1 heterocycles. The molecule has 1 aromatic heterocycles. The van der Waals surface area contributed by atoms with Gasteiger partial charge in [-0.25, -0.2) is 22.2 Å². The summed E-state index contributed by atoms with van der Waals surface area (Å²) in [5.74, 6) is 0. The Kier molecular flexibility index (Phi) is 3.83. The van der Waals surface area contributed by atoms with Crippen LogP contribution in [0.2, 0.25) is 0 Å². The minimum absolute atomic E-state index is 0.434. The van der Waals surface area contributed by atoms with Crippen molar-refractivity contribution in [2.45, 2.75) is 11.5 Å². The Balaban J connectivity index is 3.65. The summed E-state index contributed by atoms with van der Waals surface area (Å²) in [6.07, 6.45) is -2.94. The van der Waals surface area contributed by atoms with Gasteiger partial charge >= 0.3 is 0 Å². The highest BCUT2D eigenvalue weighted by atomic mass is 79.9. The van der Waals surface area contributed by atoms with Crippen molar-refractivity contribution >= 4 is 35.7 Å². The highest BCUT2D eigenvalue weighted by Crippen LogP contribution is 2.33. The Labute approximate surface area is 102 Å². The van der Waals surface area contributed by atoms with Crippen molar-refractivity contribution in [3.8, 4) is 6.07 Å². The lowest BCUT2D eigenvalue weighted by atomic mass is 10.2. The summed E-state index contributed by atoms with van der Waals surface area (Å²) in [6, 6.07) is 2.27. The van der Waals surface area contributed by atoms with E-state index < -0.39 is 36.2 Å². The van der Waals surface area contributed by atoms with E-state index in [4.69, 9.17) is 15.9 Å². The third-order valence-electron chi connectivity index (χ3n) is 1.54. The number of hydrogen-bond donors (Lipinski definition) is 0. The fourth-order valence-corrected chi connectivity index (χ4v) is 3.07. The van der Waals surface area contributed by atoms with Gasteiger partial charge in [0, 0.05) is 16.2 Å². The van der Waals surface area contributed by atoms with Crippen molar-refractivity contribution in [3.63, 3.8) is 0 Å². The van der Waals surface area contributed by atoms with Gasteiger partial charge in [0.1, 0.15) is 11.8 Å². The van der Waals surface area contributed by atoms with Crippen LogP contribution in [0.5, 0.6) is 0 Å². The van der Waals surface area contributed by atoms with Crippen LogP contribution >= 0.6 is 26.6 Å². The first-order valence-electron chi connectivity index (χ1n) is 3.60. The number of nitrogens with zero attached hydrogens (tertiary/aromatic N) is 2. The first-order chi connectivity index (χ1) is 7.27. The second-order valence-electron chi connectivity index (χ2n) is 2.57. The summed E-state index contributed by atoms with van der Waals surface area (Å²) < 4.78 is 46.6.